The number of hydrogen-bond acceptors (Lipinski definition) is 6. The summed E-state index contributed by atoms with van der Waals surface area (Å²) in [7, 11) is 0. The first kappa shape index (κ1) is 25.3. The van der Waals surface area contributed by atoms with Gasteiger partial charge in [0.2, 0.25) is 6.29 Å². The number of unbranched alkanes of at least 4 members (excludes halogenated alkanes) is 12. The Morgan fingerprint density at radius 1 is 0.769 bits per heavy atom. The van der Waals surface area contributed by atoms with E-state index in [0.717, 1.165) is 12.8 Å². The second-order valence-electron chi connectivity index (χ2n) is 7.11. The lowest BCUT2D eigenvalue weighted by atomic mass is 10.0. The molecule has 156 valence electrons. The minimum Gasteiger partial charge on any atom is -0.433 e. The van der Waals surface area contributed by atoms with E-state index >= 15 is 0 Å². The maximum Gasteiger partial charge on any atom is 0.308 e. The zero-order chi connectivity index (χ0) is 19.6. The van der Waals surface area contributed by atoms with Crippen LogP contribution in [0.25, 0.3) is 0 Å². The molecule has 0 fully saturated rings. The maximum atomic E-state index is 11.5. The Balaban J connectivity index is 3.40. The zero-order valence-electron chi connectivity index (χ0n) is 16.4. The van der Waals surface area contributed by atoms with Crippen molar-refractivity contribution < 1.29 is 30.0 Å². The molecule has 0 aromatic heterocycles. The van der Waals surface area contributed by atoms with Gasteiger partial charge in [0.05, 0.1) is 6.61 Å². The molecule has 0 aliphatic carbocycles. The summed E-state index contributed by atoms with van der Waals surface area (Å²) < 4.78 is 4.64. The smallest absolute Gasteiger partial charge is 0.308 e. The molecule has 3 atom stereocenters. The van der Waals surface area contributed by atoms with E-state index in [1.165, 1.54) is 64.2 Å². The van der Waals surface area contributed by atoms with Crippen LogP contribution >= 0.6 is 0 Å². The molecule has 0 aromatic carbocycles. The van der Waals surface area contributed by atoms with Crippen LogP contribution in [0.5, 0.6) is 0 Å². The second kappa shape index (κ2) is 17.7. The van der Waals surface area contributed by atoms with Crippen LogP contribution < -0.4 is 0 Å². The van der Waals surface area contributed by atoms with E-state index in [1.54, 1.807) is 0 Å². The normalized spacial score (nSPS) is 14.8. The molecule has 0 spiro atoms. The average molecular weight is 377 g/mol. The Labute approximate surface area is 158 Å². The van der Waals surface area contributed by atoms with Gasteiger partial charge in [0.25, 0.3) is 0 Å². The maximum absolute atomic E-state index is 11.5. The zero-order valence-corrected chi connectivity index (χ0v) is 16.4. The standard InChI is InChI=1S/C20H40O6/c1-2-3-4-5-6-7-8-9-10-11-12-13-14-15-18(23)26-20(25)19(24)17(22)16-21/h17,19-22,24-25H,2-16H2,1H3/t17-,19-,20?/m0/s1. The first-order valence-electron chi connectivity index (χ1n) is 10.4. The van der Waals surface area contributed by atoms with Crippen molar-refractivity contribution in [1.82, 2.24) is 0 Å². The van der Waals surface area contributed by atoms with Gasteiger partial charge in [-0.15, -0.1) is 0 Å². The van der Waals surface area contributed by atoms with Gasteiger partial charge in [-0.05, 0) is 6.42 Å². The van der Waals surface area contributed by atoms with Gasteiger partial charge in [0.1, 0.15) is 12.2 Å². The molecule has 4 N–H and O–H groups in total. The molecular weight excluding hydrogens is 336 g/mol. The predicted molar refractivity (Wildman–Crippen MR) is 102 cm³/mol. The molecular formula is C20H40O6. The van der Waals surface area contributed by atoms with Crippen LogP contribution in [0.1, 0.15) is 96.8 Å². The molecule has 0 amide bonds. The molecule has 1 unspecified atom stereocenters. The highest BCUT2D eigenvalue weighted by Crippen LogP contribution is 2.13. The molecule has 0 bridgehead atoms. The lowest BCUT2D eigenvalue weighted by molar-refractivity contribution is -0.201. The Hall–Kier alpha value is -0.690. The minimum absolute atomic E-state index is 0.177. The average Bonchev–Trinajstić information content (AvgIpc) is 2.64. The van der Waals surface area contributed by atoms with Crippen LogP contribution in [0.15, 0.2) is 0 Å². The Morgan fingerprint density at radius 2 is 1.19 bits per heavy atom. The van der Waals surface area contributed by atoms with Crippen LogP contribution in [0, 0.1) is 0 Å². The third kappa shape index (κ3) is 14.5. The second-order valence-corrected chi connectivity index (χ2v) is 7.11. The lowest BCUT2D eigenvalue weighted by Crippen LogP contribution is -2.41. The predicted octanol–water partition coefficient (Wildman–Crippen LogP) is 3.04. The van der Waals surface area contributed by atoms with Gasteiger partial charge in [-0.2, -0.15) is 0 Å². The molecule has 26 heavy (non-hydrogen) atoms. The lowest BCUT2D eigenvalue weighted by Gasteiger charge is -2.21. The molecule has 0 radical (unpaired) electrons. The van der Waals surface area contributed by atoms with E-state index in [-0.39, 0.29) is 6.42 Å². The first-order chi connectivity index (χ1) is 12.5. The summed E-state index contributed by atoms with van der Waals surface area (Å²) >= 11 is 0. The minimum atomic E-state index is -1.81. The summed E-state index contributed by atoms with van der Waals surface area (Å²) in [4.78, 5) is 11.5. The van der Waals surface area contributed by atoms with Gasteiger partial charge < -0.3 is 25.2 Å². The highest BCUT2D eigenvalue weighted by atomic mass is 16.6. The summed E-state index contributed by atoms with van der Waals surface area (Å²) in [6.45, 7) is 1.52. The molecule has 0 rings (SSSR count). The SMILES string of the molecule is CCCCCCCCCCCCCCCC(=O)OC(O)[C@@H](O)[C@@H](O)CO. The number of carbonyl (C=O) groups is 1. The van der Waals surface area contributed by atoms with Gasteiger partial charge in [-0.3, -0.25) is 4.79 Å². The van der Waals surface area contributed by atoms with Crippen molar-refractivity contribution in [2.45, 2.75) is 115 Å². The van der Waals surface area contributed by atoms with Gasteiger partial charge in [0, 0.05) is 6.42 Å². The van der Waals surface area contributed by atoms with E-state index in [4.69, 9.17) is 10.2 Å². The third-order valence-electron chi connectivity index (χ3n) is 4.61. The summed E-state index contributed by atoms with van der Waals surface area (Å²) in [5.41, 5.74) is 0. The molecule has 0 saturated heterocycles. The number of esters is 1. The summed E-state index contributed by atoms with van der Waals surface area (Å²) in [6, 6.07) is 0. The third-order valence-corrected chi connectivity index (χ3v) is 4.61. The highest BCUT2D eigenvalue weighted by molar-refractivity contribution is 5.69. The highest BCUT2D eigenvalue weighted by Gasteiger charge is 2.27. The molecule has 0 aliphatic rings. The van der Waals surface area contributed by atoms with Crippen molar-refractivity contribution in [2.75, 3.05) is 6.61 Å². The largest absolute Gasteiger partial charge is 0.433 e. The summed E-state index contributed by atoms with van der Waals surface area (Å²) in [5.74, 6) is -0.607. The van der Waals surface area contributed by atoms with E-state index in [2.05, 4.69) is 11.7 Å². The number of carbonyl (C=O) groups excluding carboxylic acids is 1. The van der Waals surface area contributed by atoms with E-state index in [1.807, 2.05) is 0 Å². The quantitative estimate of drug-likeness (QED) is 0.166. The first-order valence-corrected chi connectivity index (χ1v) is 10.4. The number of aliphatic hydroxyl groups is 4. The van der Waals surface area contributed by atoms with E-state index < -0.39 is 31.1 Å². The molecule has 0 heterocycles. The molecule has 0 saturated carbocycles. The Morgan fingerprint density at radius 3 is 1.62 bits per heavy atom. The van der Waals surface area contributed by atoms with Crippen molar-refractivity contribution in [3.8, 4) is 0 Å². The molecule has 6 heteroatoms. The Bertz CT molecular complexity index is 323. The fourth-order valence-electron chi connectivity index (χ4n) is 2.85. The van der Waals surface area contributed by atoms with Gasteiger partial charge in [-0.25, -0.2) is 0 Å². The van der Waals surface area contributed by atoms with E-state index in [0.29, 0.717) is 6.42 Å². The summed E-state index contributed by atoms with van der Waals surface area (Å²) in [6.07, 6.45) is 10.9. The number of aliphatic hydroxyl groups excluding tert-OH is 4. The van der Waals surface area contributed by atoms with Gasteiger partial charge in [0.15, 0.2) is 0 Å². The summed E-state index contributed by atoms with van der Waals surface area (Å²) in [5, 5.41) is 36.6. The van der Waals surface area contributed by atoms with Crippen molar-refractivity contribution in [3.63, 3.8) is 0 Å². The van der Waals surface area contributed by atoms with Crippen molar-refractivity contribution in [2.24, 2.45) is 0 Å². The van der Waals surface area contributed by atoms with Crippen LogP contribution in [0.3, 0.4) is 0 Å². The number of ether oxygens (including phenoxy) is 1. The van der Waals surface area contributed by atoms with Crippen molar-refractivity contribution in [1.29, 1.82) is 0 Å². The molecule has 0 aromatic rings. The van der Waals surface area contributed by atoms with Crippen LogP contribution in [-0.4, -0.2) is 51.5 Å². The van der Waals surface area contributed by atoms with Crippen LogP contribution in [0.2, 0.25) is 0 Å². The van der Waals surface area contributed by atoms with Gasteiger partial charge in [-0.1, -0.05) is 84.0 Å². The number of hydrogen-bond donors (Lipinski definition) is 4. The monoisotopic (exact) mass is 376 g/mol. The van der Waals surface area contributed by atoms with E-state index in [9.17, 15) is 15.0 Å². The van der Waals surface area contributed by atoms with Crippen molar-refractivity contribution in [3.05, 3.63) is 0 Å². The topological polar surface area (TPSA) is 107 Å². The fourth-order valence-corrected chi connectivity index (χ4v) is 2.85. The number of rotatable bonds is 18. The molecule has 0 aliphatic heterocycles. The van der Waals surface area contributed by atoms with Crippen LogP contribution in [-0.2, 0) is 9.53 Å². The van der Waals surface area contributed by atoms with Crippen LogP contribution in [0.4, 0.5) is 0 Å². The molecule has 6 nitrogen and oxygen atoms in total. The fraction of sp³-hybridized carbons (Fsp3) is 0.950. The Kier molecular flexibility index (Phi) is 17.2. The van der Waals surface area contributed by atoms with Gasteiger partial charge >= 0.3 is 5.97 Å². The van der Waals surface area contributed by atoms with Crippen molar-refractivity contribution >= 4 is 5.97 Å².